The van der Waals surface area contributed by atoms with Crippen LogP contribution in [0.25, 0.3) is 0 Å². The summed E-state index contributed by atoms with van der Waals surface area (Å²) >= 11 is 0. The number of carboxylic acid groups (broad SMARTS) is 1. The Labute approximate surface area is 100 Å². The fourth-order valence-corrected chi connectivity index (χ4v) is 1.66. The zero-order chi connectivity index (χ0) is 12.3. The van der Waals surface area contributed by atoms with E-state index < -0.39 is 5.97 Å². The first-order valence-electron chi connectivity index (χ1n) is 5.75. The van der Waals surface area contributed by atoms with Crippen LogP contribution in [-0.4, -0.2) is 24.8 Å². The average Bonchev–Trinajstić information content (AvgIpc) is 3.13. The van der Waals surface area contributed by atoms with Gasteiger partial charge in [-0.1, -0.05) is 12.8 Å². The molecule has 0 spiro atoms. The van der Waals surface area contributed by atoms with Gasteiger partial charge in [0.25, 0.3) is 0 Å². The lowest BCUT2D eigenvalue weighted by Crippen LogP contribution is -2.03. The number of benzene rings is 1. The molecule has 4 nitrogen and oxygen atoms in total. The molecule has 4 heteroatoms. The molecule has 0 atom stereocenters. The Hall–Kier alpha value is -1.71. The Morgan fingerprint density at radius 2 is 2.18 bits per heavy atom. The molecule has 0 bridgehead atoms. The molecular weight excluding hydrogens is 220 g/mol. The van der Waals surface area contributed by atoms with Gasteiger partial charge < -0.3 is 14.6 Å². The predicted octanol–water partition coefficient (Wildman–Crippen LogP) is 2.57. The van der Waals surface area contributed by atoms with E-state index in [0.717, 1.165) is 12.3 Å². The molecule has 1 aliphatic carbocycles. The van der Waals surface area contributed by atoms with Crippen molar-refractivity contribution in [3.63, 3.8) is 0 Å². The minimum atomic E-state index is -0.959. The summed E-state index contributed by atoms with van der Waals surface area (Å²) in [5.74, 6) is 0.919. The van der Waals surface area contributed by atoms with E-state index in [1.54, 1.807) is 13.2 Å². The van der Waals surface area contributed by atoms with Gasteiger partial charge in [-0.05, 0) is 30.5 Å². The highest BCUT2D eigenvalue weighted by Crippen LogP contribution is 2.33. The maximum Gasteiger partial charge on any atom is 0.335 e. The van der Waals surface area contributed by atoms with Gasteiger partial charge in [0, 0.05) is 0 Å². The van der Waals surface area contributed by atoms with Crippen LogP contribution in [-0.2, 0) is 0 Å². The number of aromatic carboxylic acids is 1. The highest BCUT2D eigenvalue weighted by Gasteiger charge is 2.21. The SMILES string of the molecule is COc1ccc(C(=O)O)cc1OCCC1CC1. The Morgan fingerprint density at radius 3 is 2.76 bits per heavy atom. The molecule has 17 heavy (non-hydrogen) atoms. The van der Waals surface area contributed by atoms with Crippen LogP contribution >= 0.6 is 0 Å². The lowest BCUT2D eigenvalue weighted by molar-refractivity contribution is 0.0696. The van der Waals surface area contributed by atoms with E-state index in [1.807, 2.05) is 0 Å². The first kappa shape index (κ1) is 11.8. The molecular formula is C13H16O4. The quantitative estimate of drug-likeness (QED) is 0.824. The number of carboxylic acids is 1. The number of hydrogen-bond acceptors (Lipinski definition) is 3. The molecule has 1 saturated carbocycles. The second kappa shape index (κ2) is 5.08. The molecule has 0 saturated heterocycles. The molecule has 1 N–H and O–H groups in total. The molecule has 0 heterocycles. The number of carbonyl (C=O) groups is 1. The molecule has 0 amide bonds. The number of hydrogen-bond donors (Lipinski definition) is 1. The van der Waals surface area contributed by atoms with Crippen molar-refractivity contribution < 1.29 is 19.4 Å². The third-order valence-corrected chi connectivity index (χ3v) is 2.89. The Kier molecular flexibility index (Phi) is 3.52. The first-order valence-corrected chi connectivity index (χ1v) is 5.75. The summed E-state index contributed by atoms with van der Waals surface area (Å²) in [6, 6.07) is 4.64. The average molecular weight is 236 g/mol. The van der Waals surface area contributed by atoms with Crippen LogP contribution in [0.2, 0.25) is 0 Å². The van der Waals surface area contributed by atoms with Gasteiger partial charge in [0.1, 0.15) is 0 Å². The maximum absolute atomic E-state index is 10.8. The van der Waals surface area contributed by atoms with Crippen LogP contribution in [0.1, 0.15) is 29.6 Å². The second-order valence-corrected chi connectivity index (χ2v) is 4.25. The van der Waals surface area contributed by atoms with Gasteiger partial charge in [-0.2, -0.15) is 0 Å². The van der Waals surface area contributed by atoms with Gasteiger partial charge in [0.05, 0.1) is 19.3 Å². The number of methoxy groups -OCH3 is 1. The van der Waals surface area contributed by atoms with E-state index in [0.29, 0.717) is 18.1 Å². The van der Waals surface area contributed by atoms with Crippen molar-refractivity contribution >= 4 is 5.97 Å². The molecule has 1 fully saturated rings. The Morgan fingerprint density at radius 1 is 1.41 bits per heavy atom. The molecule has 1 aromatic rings. The highest BCUT2D eigenvalue weighted by atomic mass is 16.5. The van der Waals surface area contributed by atoms with E-state index in [4.69, 9.17) is 14.6 Å². The molecule has 0 radical (unpaired) electrons. The van der Waals surface area contributed by atoms with Gasteiger partial charge in [-0.25, -0.2) is 4.79 Å². The van der Waals surface area contributed by atoms with Gasteiger partial charge >= 0.3 is 5.97 Å². The van der Waals surface area contributed by atoms with Crippen molar-refractivity contribution in [1.82, 2.24) is 0 Å². The smallest absolute Gasteiger partial charge is 0.335 e. The Bertz CT molecular complexity index is 410. The monoisotopic (exact) mass is 236 g/mol. The van der Waals surface area contributed by atoms with Crippen LogP contribution in [0.15, 0.2) is 18.2 Å². The van der Waals surface area contributed by atoms with E-state index in [-0.39, 0.29) is 5.56 Å². The zero-order valence-electron chi connectivity index (χ0n) is 9.81. The predicted molar refractivity (Wildman–Crippen MR) is 62.8 cm³/mol. The number of rotatable bonds is 6. The van der Waals surface area contributed by atoms with Crippen LogP contribution in [0.4, 0.5) is 0 Å². The molecule has 0 unspecified atom stereocenters. The zero-order valence-corrected chi connectivity index (χ0v) is 9.81. The van der Waals surface area contributed by atoms with E-state index in [1.165, 1.54) is 25.0 Å². The van der Waals surface area contributed by atoms with Crippen molar-refractivity contribution in [2.75, 3.05) is 13.7 Å². The van der Waals surface area contributed by atoms with Crippen molar-refractivity contribution in [3.05, 3.63) is 23.8 Å². The summed E-state index contributed by atoms with van der Waals surface area (Å²) in [6.07, 6.45) is 3.60. The molecule has 0 aromatic heterocycles. The van der Waals surface area contributed by atoms with E-state index in [2.05, 4.69) is 0 Å². The van der Waals surface area contributed by atoms with Crippen LogP contribution in [0, 0.1) is 5.92 Å². The van der Waals surface area contributed by atoms with Crippen LogP contribution in [0.3, 0.4) is 0 Å². The van der Waals surface area contributed by atoms with Crippen molar-refractivity contribution in [2.24, 2.45) is 5.92 Å². The lowest BCUT2D eigenvalue weighted by atomic mass is 10.2. The van der Waals surface area contributed by atoms with Gasteiger partial charge in [0.15, 0.2) is 11.5 Å². The lowest BCUT2D eigenvalue weighted by Gasteiger charge is -2.11. The third-order valence-electron chi connectivity index (χ3n) is 2.89. The standard InChI is InChI=1S/C13H16O4/c1-16-11-5-4-10(13(14)15)8-12(11)17-7-6-9-2-3-9/h4-5,8-9H,2-3,6-7H2,1H3,(H,14,15). The maximum atomic E-state index is 10.8. The highest BCUT2D eigenvalue weighted by molar-refractivity contribution is 5.88. The summed E-state index contributed by atoms with van der Waals surface area (Å²) in [5.41, 5.74) is 0.215. The topological polar surface area (TPSA) is 55.8 Å². The van der Waals surface area contributed by atoms with Crippen LogP contribution in [0.5, 0.6) is 11.5 Å². The van der Waals surface area contributed by atoms with Crippen LogP contribution < -0.4 is 9.47 Å². The molecule has 1 aliphatic rings. The van der Waals surface area contributed by atoms with E-state index in [9.17, 15) is 4.79 Å². The van der Waals surface area contributed by atoms with Gasteiger partial charge in [0.2, 0.25) is 0 Å². The molecule has 1 aromatic carbocycles. The fourth-order valence-electron chi connectivity index (χ4n) is 1.66. The number of ether oxygens (including phenoxy) is 2. The summed E-state index contributed by atoms with van der Waals surface area (Å²) < 4.78 is 10.7. The Balaban J connectivity index is 2.04. The van der Waals surface area contributed by atoms with Gasteiger partial charge in [-0.3, -0.25) is 0 Å². The first-order chi connectivity index (χ1) is 8.20. The second-order valence-electron chi connectivity index (χ2n) is 4.25. The molecule has 2 rings (SSSR count). The minimum absolute atomic E-state index is 0.215. The van der Waals surface area contributed by atoms with Crippen molar-refractivity contribution in [3.8, 4) is 11.5 Å². The van der Waals surface area contributed by atoms with Gasteiger partial charge in [-0.15, -0.1) is 0 Å². The van der Waals surface area contributed by atoms with Crippen molar-refractivity contribution in [2.45, 2.75) is 19.3 Å². The summed E-state index contributed by atoms with van der Waals surface area (Å²) in [6.45, 7) is 0.615. The fraction of sp³-hybridized carbons (Fsp3) is 0.462. The third kappa shape index (κ3) is 3.12. The van der Waals surface area contributed by atoms with Crippen molar-refractivity contribution in [1.29, 1.82) is 0 Å². The minimum Gasteiger partial charge on any atom is -0.493 e. The molecule has 0 aliphatic heterocycles. The summed E-state index contributed by atoms with van der Waals surface area (Å²) in [5, 5.41) is 8.90. The normalized spacial score (nSPS) is 14.4. The van der Waals surface area contributed by atoms with E-state index >= 15 is 0 Å². The molecule has 92 valence electrons. The summed E-state index contributed by atoms with van der Waals surface area (Å²) in [4.78, 5) is 10.8. The largest absolute Gasteiger partial charge is 0.493 e. The summed E-state index contributed by atoms with van der Waals surface area (Å²) in [7, 11) is 1.55.